The van der Waals surface area contributed by atoms with Gasteiger partial charge in [0.1, 0.15) is 10.3 Å². The fourth-order valence-corrected chi connectivity index (χ4v) is 6.28. The largest absolute Gasteiger partial charge is 0.337 e. The monoisotopic (exact) mass is 445 g/mol. The van der Waals surface area contributed by atoms with E-state index in [1.807, 2.05) is 12.1 Å². The summed E-state index contributed by atoms with van der Waals surface area (Å²) in [7, 11) is -3.84. The maximum atomic E-state index is 12.8. The lowest BCUT2D eigenvalue weighted by molar-refractivity contribution is -0.129. The number of sulfonamides is 1. The molecule has 1 atom stereocenters. The normalized spacial score (nSPS) is 17.0. The standard InChI is InChI=1S/C20H16ClN3O3S2/c21-16-5-2-6-18-15(16)10-19(28-18)29(26,27)23-17-7-8-24(20(17)25)12-14-4-1-3-13(9-14)11-22/h1-6,9-10,17,23H,7-8,12H2/t17-/m0/s1. The highest BCUT2D eigenvalue weighted by Gasteiger charge is 2.35. The molecule has 2 aromatic carbocycles. The number of likely N-dealkylation sites (tertiary alicyclic amines) is 1. The molecule has 0 spiro atoms. The lowest BCUT2D eigenvalue weighted by Gasteiger charge is -2.17. The van der Waals surface area contributed by atoms with Crippen molar-refractivity contribution in [2.75, 3.05) is 6.54 Å². The Morgan fingerprint density at radius 2 is 2.03 bits per heavy atom. The molecule has 1 fully saturated rings. The second kappa shape index (κ2) is 7.76. The fraction of sp³-hybridized carbons (Fsp3) is 0.200. The number of nitrogens with one attached hydrogen (secondary N) is 1. The smallest absolute Gasteiger partial charge is 0.250 e. The number of carbonyl (C=O) groups is 1. The number of fused-ring (bicyclic) bond motifs is 1. The number of carbonyl (C=O) groups excluding carboxylic acids is 1. The molecule has 4 rings (SSSR count). The van der Waals surface area contributed by atoms with Crippen LogP contribution in [0.4, 0.5) is 0 Å². The van der Waals surface area contributed by atoms with E-state index in [1.165, 1.54) is 6.07 Å². The SMILES string of the molecule is N#Cc1cccc(CN2CC[C@H](NS(=O)(=O)c3cc4c(Cl)cccc4s3)C2=O)c1. The molecule has 1 amide bonds. The molecule has 0 saturated carbocycles. The maximum Gasteiger partial charge on any atom is 0.250 e. The van der Waals surface area contributed by atoms with Crippen LogP contribution in [0.5, 0.6) is 0 Å². The summed E-state index contributed by atoms with van der Waals surface area (Å²) in [5.41, 5.74) is 1.36. The molecule has 2 heterocycles. The van der Waals surface area contributed by atoms with Crippen molar-refractivity contribution in [3.8, 4) is 6.07 Å². The molecule has 3 aromatic rings. The first-order valence-corrected chi connectivity index (χ1v) is 11.5. The summed E-state index contributed by atoms with van der Waals surface area (Å²) < 4.78 is 29.1. The van der Waals surface area contributed by atoms with Gasteiger partial charge in [0.25, 0.3) is 10.0 Å². The molecule has 1 aromatic heterocycles. The van der Waals surface area contributed by atoms with Gasteiger partial charge in [-0.2, -0.15) is 9.98 Å². The Bertz CT molecular complexity index is 1250. The topological polar surface area (TPSA) is 90.3 Å². The van der Waals surface area contributed by atoms with Crippen LogP contribution in [0.2, 0.25) is 5.02 Å². The summed E-state index contributed by atoms with van der Waals surface area (Å²) in [5, 5.41) is 10.2. The number of rotatable bonds is 5. The molecule has 0 unspecified atom stereocenters. The van der Waals surface area contributed by atoms with Gasteiger partial charge in [-0.25, -0.2) is 8.42 Å². The summed E-state index contributed by atoms with van der Waals surface area (Å²) in [6.45, 7) is 0.784. The molecule has 29 heavy (non-hydrogen) atoms. The number of benzene rings is 2. The first kappa shape index (κ1) is 19.9. The number of amides is 1. The summed E-state index contributed by atoms with van der Waals surface area (Å²) in [5.74, 6) is -0.268. The van der Waals surface area contributed by atoms with Gasteiger partial charge in [0.15, 0.2) is 0 Å². The molecule has 1 aliphatic rings. The van der Waals surface area contributed by atoms with Gasteiger partial charge in [0.05, 0.1) is 11.6 Å². The number of thiophene rings is 1. The summed E-state index contributed by atoms with van der Waals surface area (Å²) in [6.07, 6.45) is 0.391. The molecule has 1 aliphatic heterocycles. The van der Waals surface area contributed by atoms with Crippen molar-refractivity contribution in [2.45, 2.75) is 23.2 Å². The van der Waals surface area contributed by atoms with Crippen LogP contribution < -0.4 is 4.72 Å². The number of halogens is 1. The van der Waals surface area contributed by atoms with E-state index in [1.54, 1.807) is 35.2 Å². The quantitative estimate of drug-likeness (QED) is 0.650. The summed E-state index contributed by atoms with van der Waals surface area (Å²) >= 11 is 7.26. The van der Waals surface area contributed by atoms with Crippen molar-refractivity contribution in [3.05, 3.63) is 64.7 Å². The first-order chi connectivity index (χ1) is 13.9. The van der Waals surface area contributed by atoms with E-state index in [0.717, 1.165) is 21.6 Å². The van der Waals surface area contributed by atoms with Crippen molar-refractivity contribution >= 4 is 49.0 Å². The molecule has 1 N–H and O–H groups in total. The Morgan fingerprint density at radius 1 is 1.24 bits per heavy atom. The first-order valence-electron chi connectivity index (χ1n) is 8.85. The third-order valence-electron chi connectivity index (χ3n) is 4.77. The van der Waals surface area contributed by atoms with E-state index in [9.17, 15) is 13.2 Å². The van der Waals surface area contributed by atoms with E-state index in [2.05, 4.69) is 10.8 Å². The third kappa shape index (κ3) is 4.00. The maximum absolute atomic E-state index is 12.8. The van der Waals surface area contributed by atoms with Crippen LogP contribution in [0.15, 0.2) is 52.7 Å². The molecule has 0 bridgehead atoms. The minimum absolute atomic E-state index is 0.133. The molecule has 148 valence electrons. The average molecular weight is 446 g/mol. The van der Waals surface area contributed by atoms with Crippen molar-refractivity contribution < 1.29 is 13.2 Å². The molecule has 0 aliphatic carbocycles. The number of nitrogens with zero attached hydrogens (tertiary/aromatic N) is 2. The van der Waals surface area contributed by atoms with Gasteiger partial charge in [-0.15, -0.1) is 11.3 Å². The van der Waals surface area contributed by atoms with Gasteiger partial charge < -0.3 is 4.90 Å². The Kier molecular flexibility index (Phi) is 5.32. The Balaban J connectivity index is 1.49. The highest BCUT2D eigenvalue weighted by molar-refractivity contribution is 7.91. The van der Waals surface area contributed by atoms with E-state index in [4.69, 9.17) is 16.9 Å². The van der Waals surface area contributed by atoms with Crippen LogP contribution in [-0.4, -0.2) is 31.8 Å². The van der Waals surface area contributed by atoms with Crippen LogP contribution in [-0.2, 0) is 21.4 Å². The van der Waals surface area contributed by atoms with Gasteiger partial charge in [0.2, 0.25) is 5.91 Å². The molecule has 0 radical (unpaired) electrons. The zero-order chi connectivity index (χ0) is 20.6. The highest BCUT2D eigenvalue weighted by Crippen LogP contribution is 2.33. The van der Waals surface area contributed by atoms with E-state index < -0.39 is 16.1 Å². The lowest BCUT2D eigenvalue weighted by atomic mass is 10.1. The van der Waals surface area contributed by atoms with Gasteiger partial charge in [-0.05, 0) is 42.3 Å². The molecule has 1 saturated heterocycles. The van der Waals surface area contributed by atoms with Crippen molar-refractivity contribution in [1.29, 1.82) is 5.26 Å². The number of hydrogen-bond acceptors (Lipinski definition) is 5. The lowest BCUT2D eigenvalue weighted by Crippen LogP contribution is -2.41. The molecule has 6 nitrogen and oxygen atoms in total. The molecular formula is C20H16ClN3O3S2. The number of nitriles is 1. The van der Waals surface area contributed by atoms with Crippen LogP contribution >= 0.6 is 22.9 Å². The molecular weight excluding hydrogens is 430 g/mol. The zero-order valence-electron chi connectivity index (χ0n) is 15.1. The predicted octanol–water partition coefficient (Wildman–Crippen LogP) is 3.51. The van der Waals surface area contributed by atoms with Gasteiger partial charge in [-0.3, -0.25) is 4.79 Å². The second-order valence-corrected chi connectivity index (χ2v) is 10.2. The highest BCUT2D eigenvalue weighted by atomic mass is 35.5. The van der Waals surface area contributed by atoms with Gasteiger partial charge >= 0.3 is 0 Å². The molecule has 9 heteroatoms. The third-order valence-corrected chi connectivity index (χ3v) is 8.15. The van der Waals surface area contributed by atoms with Gasteiger partial charge in [0, 0.05) is 28.2 Å². The van der Waals surface area contributed by atoms with Crippen LogP contribution in [0, 0.1) is 11.3 Å². The average Bonchev–Trinajstić information content (AvgIpc) is 3.29. The van der Waals surface area contributed by atoms with E-state index in [-0.39, 0.29) is 10.1 Å². The minimum atomic E-state index is -3.84. The number of hydrogen-bond donors (Lipinski definition) is 1. The van der Waals surface area contributed by atoms with E-state index in [0.29, 0.717) is 35.5 Å². The minimum Gasteiger partial charge on any atom is -0.337 e. The van der Waals surface area contributed by atoms with Crippen LogP contribution in [0.3, 0.4) is 0 Å². The van der Waals surface area contributed by atoms with Crippen LogP contribution in [0.25, 0.3) is 10.1 Å². The van der Waals surface area contributed by atoms with Crippen molar-refractivity contribution in [2.24, 2.45) is 0 Å². The Labute approximate surface area is 177 Å². The van der Waals surface area contributed by atoms with E-state index >= 15 is 0 Å². The fourth-order valence-electron chi connectivity index (χ4n) is 3.34. The second-order valence-electron chi connectivity index (χ2n) is 6.75. The summed E-state index contributed by atoms with van der Waals surface area (Å²) in [6, 6.07) is 15.1. The summed E-state index contributed by atoms with van der Waals surface area (Å²) in [4.78, 5) is 14.3. The Morgan fingerprint density at radius 3 is 2.79 bits per heavy atom. The zero-order valence-corrected chi connectivity index (χ0v) is 17.5. The predicted molar refractivity (Wildman–Crippen MR) is 112 cm³/mol. The van der Waals surface area contributed by atoms with Crippen molar-refractivity contribution in [1.82, 2.24) is 9.62 Å². The Hall–Kier alpha value is -2.44. The van der Waals surface area contributed by atoms with Crippen LogP contribution in [0.1, 0.15) is 17.5 Å². The van der Waals surface area contributed by atoms with Gasteiger partial charge in [-0.1, -0.05) is 29.8 Å². The van der Waals surface area contributed by atoms with Crippen molar-refractivity contribution in [3.63, 3.8) is 0 Å².